The van der Waals surface area contributed by atoms with Crippen LogP contribution in [0.3, 0.4) is 0 Å². The Morgan fingerprint density at radius 1 is 1.04 bits per heavy atom. The highest BCUT2D eigenvalue weighted by Crippen LogP contribution is 2.21. The zero-order chi connectivity index (χ0) is 17.8. The van der Waals surface area contributed by atoms with E-state index < -0.39 is 0 Å². The molecular weight excluding hydrogens is 328 g/mol. The summed E-state index contributed by atoms with van der Waals surface area (Å²) < 4.78 is 3.75. The van der Waals surface area contributed by atoms with E-state index in [1.54, 1.807) is 6.20 Å². The van der Waals surface area contributed by atoms with Gasteiger partial charge in [-0.15, -0.1) is 10.2 Å². The van der Waals surface area contributed by atoms with Gasteiger partial charge in [-0.2, -0.15) is 5.10 Å². The maximum absolute atomic E-state index is 12.2. The van der Waals surface area contributed by atoms with Crippen molar-refractivity contribution in [2.45, 2.75) is 19.4 Å². The maximum atomic E-state index is 12.2. The van der Waals surface area contributed by atoms with Crippen LogP contribution in [0.5, 0.6) is 0 Å². The smallest absolute Gasteiger partial charge is 0.224 e. The molecule has 0 aliphatic carbocycles. The first-order valence-corrected chi connectivity index (χ1v) is 8.47. The fraction of sp³-hybridized carbons (Fsp3) is 0.158. The average molecular weight is 346 g/mol. The highest BCUT2D eigenvalue weighted by atomic mass is 16.1. The fourth-order valence-corrected chi connectivity index (χ4v) is 2.83. The highest BCUT2D eigenvalue weighted by Gasteiger charge is 2.09. The second kappa shape index (κ2) is 7.18. The number of rotatable bonds is 6. The van der Waals surface area contributed by atoms with Crippen molar-refractivity contribution in [3.05, 3.63) is 67.1 Å². The lowest BCUT2D eigenvalue weighted by molar-refractivity contribution is -0.116. The predicted octanol–water partition coefficient (Wildman–Crippen LogP) is 3.01. The second-order valence-corrected chi connectivity index (χ2v) is 5.95. The third kappa shape index (κ3) is 3.46. The lowest BCUT2D eigenvalue weighted by Crippen LogP contribution is -2.12. The topological polar surface area (TPSA) is 77.1 Å². The number of carbonyl (C=O) groups excluding carboxylic acids is 1. The van der Waals surface area contributed by atoms with Crippen LogP contribution in [0.4, 0.5) is 5.69 Å². The number of fused-ring (bicyclic) bond motifs is 1. The monoisotopic (exact) mass is 346 g/mol. The summed E-state index contributed by atoms with van der Waals surface area (Å²) in [7, 11) is 0. The van der Waals surface area contributed by atoms with Crippen LogP contribution in [-0.2, 0) is 11.3 Å². The number of aryl methyl sites for hydroxylation is 1. The Labute approximate surface area is 150 Å². The van der Waals surface area contributed by atoms with Crippen LogP contribution in [0, 0.1) is 0 Å². The molecule has 0 saturated carbocycles. The molecule has 0 aliphatic rings. The summed E-state index contributed by atoms with van der Waals surface area (Å²) >= 11 is 0. The minimum Gasteiger partial charge on any atom is -0.326 e. The Hall–Kier alpha value is -3.48. The molecule has 7 nitrogen and oxygen atoms in total. The second-order valence-electron chi connectivity index (χ2n) is 5.95. The van der Waals surface area contributed by atoms with Crippen LogP contribution in [0.25, 0.3) is 17.0 Å². The molecule has 130 valence electrons. The first-order chi connectivity index (χ1) is 12.8. The summed E-state index contributed by atoms with van der Waals surface area (Å²) in [4.78, 5) is 12.2. The van der Waals surface area contributed by atoms with Crippen LogP contribution < -0.4 is 5.32 Å². The number of nitrogens with one attached hydrogen (secondary N) is 1. The molecule has 0 saturated heterocycles. The van der Waals surface area contributed by atoms with E-state index in [0.717, 1.165) is 35.7 Å². The molecule has 0 bridgehead atoms. The van der Waals surface area contributed by atoms with E-state index in [1.165, 1.54) is 0 Å². The Bertz CT molecular complexity index is 1020. The Morgan fingerprint density at radius 2 is 2.00 bits per heavy atom. The van der Waals surface area contributed by atoms with E-state index in [1.807, 2.05) is 70.0 Å². The summed E-state index contributed by atoms with van der Waals surface area (Å²) in [6.07, 6.45) is 6.73. The van der Waals surface area contributed by atoms with Gasteiger partial charge in [-0.05, 0) is 36.8 Å². The van der Waals surface area contributed by atoms with E-state index in [4.69, 9.17) is 0 Å². The fourth-order valence-electron chi connectivity index (χ4n) is 2.83. The Kier molecular flexibility index (Phi) is 4.42. The van der Waals surface area contributed by atoms with Crippen molar-refractivity contribution in [2.24, 2.45) is 0 Å². The van der Waals surface area contributed by atoms with E-state index in [9.17, 15) is 4.79 Å². The Balaban J connectivity index is 1.43. The number of aromatic nitrogens is 5. The summed E-state index contributed by atoms with van der Waals surface area (Å²) in [6.45, 7) is 0.728. The molecule has 0 radical (unpaired) electrons. The third-order valence-electron chi connectivity index (χ3n) is 4.07. The van der Waals surface area contributed by atoms with Crippen LogP contribution in [-0.4, -0.2) is 30.3 Å². The van der Waals surface area contributed by atoms with Gasteiger partial charge in [0.2, 0.25) is 5.91 Å². The van der Waals surface area contributed by atoms with Crippen LogP contribution in [0.2, 0.25) is 0 Å². The summed E-state index contributed by atoms with van der Waals surface area (Å²) in [5, 5.41) is 15.5. The molecule has 0 spiro atoms. The molecule has 0 unspecified atom stereocenters. The normalized spacial score (nSPS) is 10.9. The zero-order valence-electron chi connectivity index (χ0n) is 14.1. The summed E-state index contributed by atoms with van der Waals surface area (Å²) in [5.41, 5.74) is 2.44. The van der Waals surface area contributed by atoms with Crippen molar-refractivity contribution in [3.8, 4) is 11.4 Å². The molecule has 4 aromatic rings. The van der Waals surface area contributed by atoms with Crippen molar-refractivity contribution in [1.29, 1.82) is 0 Å². The molecule has 0 aliphatic heterocycles. The van der Waals surface area contributed by atoms with Crippen molar-refractivity contribution in [3.63, 3.8) is 0 Å². The van der Waals surface area contributed by atoms with Gasteiger partial charge in [0.05, 0.1) is 0 Å². The molecule has 4 rings (SSSR count). The van der Waals surface area contributed by atoms with Gasteiger partial charge in [-0.1, -0.05) is 18.2 Å². The Morgan fingerprint density at radius 3 is 2.88 bits per heavy atom. The zero-order valence-corrected chi connectivity index (χ0v) is 14.1. The van der Waals surface area contributed by atoms with E-state index in [-0.39, 0.29) is 5.91 Å². The number of hydrogen-bond acceptors (Lipinski definition) is 4. The number of benzene rings is 1. The molecule has 0 fully saturated rings. The molecule has 1 amide bonds. The number of pyridine rings is 1. The van der Waals surface area contributed by atoms with Gasteiger partial charge in [0.15, 0.2) is 11.5 Å². The lowest BCUT2D eigenvalue weighted by Gasteiger charge is -2.07. The van der Waals surface area contributed by atoms with E-state index in [2.05, 4.69) is 20.6 Å². The van der Waals surface area contributed by atoms with Gasteiger partial charge in [-0.25, -0.2) is 0 Å². The van der Waals surface area contributed by atoms with E-state index in [0.29, 0.717) is 6.42 Å². The molecular formula is C19H18N6O. The van der Waals surface area contributed by atoms with Crippen molar-refractivity contribution < 1.29 is 4.79 Å². The minimum absolute atomic E-state index is 0.0135. The van der Waals surface area contributed by atoms with Gasteiger partial charge < -0.3 is 5.32 Å². The van der Waals surface area contributed by atoms with Crippen molar-refractivity contribution >= 4 is 17.2 Å². The number of hydrogen-bond donors (Lipinski definition) is 1. The minimum atomic E-state index is -0.0135. The molecule has 0 atom stereocenters. The molecule has 3 aromatic heterocycles. The van der Waals surface area contributed by atoms with Gasteiger partial charge >= 0.3 is 0 Å². The quantitative estimate of drug-likeness (QED) is 0.582. The standard InChI is InChI=1S/C19H18N6O/c26-18(9-4-11-24-12-5-10-20-24)21-16-7-3-6-15(14-16)19-23-22-17-8-1-2-13-25(17)19/h1-3,5-8,10,12-14H,4,9,11H2,(H,21,26). The SMILES string of the molecule is O=C(CCCn1cccn1)Nc1cccc(-c2nnc3ccccn23)c1. The first-order valence-electron chi connectivity index (χ1n) is 8.47. The maximum Gasteiger partial charge on any atom is 0.224 e. The van der Waals surface area contributed by atoms with Gasteiger partial charge in [0.1, 0.15) is 0 Å². The number of nitrogens with zero attached hydrogens (tertiary/aromatic N) is 5. The van der Waals surface area contributed by atoms with Crippen LogP contribution >= 0.6 is 0 Å². The van der Waals surface area contributed by atoms with Crippen LogP contribution in [0.1, 0.15) is 12.8 Å². The molecule has 1 N–H and O–H groups in total. The lowest BCUT2D eigenvalue weighted by atomic mass is 10.2. The highest BCUT2D eigenvalue weighted by molar-refractivity contribution is 5.91. The van der Waals surface area contributed by atoms with Crippen molar-refractivity contribution in [2.75, 3.05) is 5.32 Å². The third-order valence-corrected chi connectivity index (χ3v) is 4.07. The molecule has 1 aromatic carbocycles. The number of amides is 1. The molecule has 7 heteroatoms. The summed E-state index contributed by atoms with van der Waals surface area (Å²) in [6, 6.07) is 15.3. The van der Waals surface area contributed by atoms with Gasteiger partial charge in [0, 0.05) is 42.8 Å². The van der Waals surface area contributed by atoms with Crippen molar-refractivity contribution in [1.82, 2.24) is 24.4 Å². The van der Waals surface area contributed by atoms with Gasteiger partial charge in [-0.3, -0.25) is 13.9 Å². The van der Waals surface area contributed by atoms with Gasteiger partial charge in [0.25, 0.3) is 0 Å². The number of anilines is 1. The predicted molar refractivity (Wildman–Crippen MR) is 98.5 cm³/mol. The first kappa shape index (κ1) is 16.0. The largest absolute Gasteiger partial charge is 0.326 e. The molecule has 3 heterocycles. The van der Waals surface area contributed by atoms with Crippen LogP contribution in [0.15, 0.2) is 67.1 Å². The molecule has 26 heavy (non-hydrogen) atoms. The van der Waals surface area contributed by atoms with E-state index >= 15 is 0 Å². The summed E-state index contributed by atoms with van der Waals surface area (Å²) in [5.74, 6) is 0.732. The average Bonchev–Trinajstić information content (AvgIpc) is 3.31. The number of carbonyl (C=O) groups is 1.